The maximum Gasteiger partial charge on any atom is 0.243 e. The van der Waals surface area contributed by atoms with E-state index in [-0.39, 0.29) is 11.4 Å². The second-order valence-electron chi connectivity index (χ2n) is 4.74. The molecule has 21 heavy (non-hydrogen) atoms. The van der Waals surface area contributed by atoms with Gasteiger partial charge in [-0.25, -0.2) is 12.7 Å². The SMILES string of the molecule is CN(CCc1ccncc1)S(=O)(=O)c1ccccc1CN. The summed E-state index contributed by atoms with van der Waals surface area (Å²) in [6.45, 7) is 0.610. The number of nitrogens with zero attached hydrogens (tertiary/aromatic N) is 2. The molecule has 0 aliphatic rings. The summed E-state index contributed by atoms with van der Waals surface area (Å²) in [6, 6.07) is 10.6. The summed E-state index contributed by atoms with van der Waals surface area (Å²) in [7, 11) is -1.93. The minimum absolute atomic E-state index is 0.202. The molecule has 2 aromatic rings. The number of benzene rings is 1. The first-order chi connectivity index (χ1) is 10.1. The molecule has 1 heterocycles. The molecule has 0 fully saturated rings. The average molecular weight is 305 g/mol. The summed E-state index contributed by atoms with van der Waals surface area (Å²) in [5.41, 5.74) is 7.31. The monoisotopic (exact) mass is 305 g/mol. The maximum absolute atomic E-state index is 12.6. The molecule has 0 saturated carbocycles. The highest BCUT2D eigenvalue weighted by Crippen LogP contribution is 2.19. The number of pyridine rings is 1. The second kappa shape index (κ2) is 6.80. The summed E-state index contributed by atoms with van der Waals surface area (Å²) in [5.74, 6) is 0. The predicted molar refractivity (Wildman–Crippen MR) is 82.1 cm³/mol. The highest BCUT2D eigenvalue weighted by molar-refractivity contribution is 7.89. The van der Waals surface area contributed by atoms with E-state index in [1.165, 1.54) is 4.31 Å². The normalized spacial score (nSPS) is 11.8. The lowest BCUT2D eigenvalue weighted by molar-refractivity contribution is 0.471. The highest BCUT2D eigenvalue weighted by atomic mass is 32.2. The fourth-order valence-electron chi connectivity index (χ4n) is 2.05. The van der Waals surface area contributed by atoms with E-state index in [2.05, 4.69) is 4.98 Å². The van der Waals surface area contributed by atoms with Crippen LogP contribution in [-0.2, 0) is 23.0 Å². The van der Waals surface area contributed by atoms with Gasteiger partial charge in [-0.15, -0.1) is 0 Å². The second-order valence-corrected chi connectivity index (χ2v) is 6.76. The van der Waals surface area contributed by atoms with Gasteiger partial charge in [-0.2, -0.15) is 0 Å². The Bertz CT molecular complexity index is 687. The van der Waals surface area contributed by atoms with Crippen molar-refractivity contribution < 1.29 is 8.42 Å². The number of hydrogen-bond acceptors (Lipinski definition) is 4. The van der Waals surface area contributed by atoms with Gasteiger partial charge >= 0.3 is 0 Å². The number of rotatable bonds is 6. The molecule has 112 valence electrons. The highest BCUT2D eigenvalue weighted by Gasteiger charge is 2.22. The van der Waals surface area contributed by atoms with Crippen molar-refractivity contribution in [3.05, 3.63) is 59.9 Å². The van der Waals surface area contributed by atoms with Crippen LogP contribution in [0.1, 0.15) is 11.1 Å². The van der Waals surface area contributed by atoms with Crippen molar-refractivity contribution >= 4 is 10.0 Å². The van der Waals surface area contributed by atoms with Crippen LogP contribution in [0.4, 0.5) is 0 Å². The molecule has 0 aliphatic carbocycles. The van der Waals surface area contributed by atoms with Gasteiger partial charge < -0.3 is 5.73 Å². The van der Waals surface area contributed by atoms with Crippen molar-refractivity contribution in [2.24, 2.45) is 5.73 Å². The van der Waals surface area contributed by atoms with E-state index in [9.17, 15) is 8.42 Å². The number of likely N-dealkylation sites (N-methyl/N-ethyl adjacent to an activating group) is 1. The molecule has 5 nitrogen and oxygen atoms in total. The van der Waals surface area contributed by atoms with Gasteiger partial charge in [0.15, 0.2) is 0 Å². The van der Waals surface area contributed by atoms with Gasteiger partial charge in [0.2, 0.25) is 10.0 Å². The predicted octanol–water partition coefficient (Wildman–Crippen LogP) is 1.40. The van der Waals surface area contributed by atoms with Crippen molar-refractivity contribution in [3.8, 4) is 0 Å². The van der Waals surface area contributed by atoms with Crippen LogP contribution < -0.4 is 5.73 Å². The first kappa shape index (κ1) is 15.6. The Kier molecular flexibility index (Phi) is 5.06. The van der Waals surface area contributed by atoms with Crippen molar-refractivity contribution in [2.75, 3.05) is 13.6 Å². The summed E-state index contributed by atoms with van der Waals surface area (Å²) in [5, 5.41) is 0. The van der Waals surface area contributed by atoms with Gasteiger partial charge in [-0.3, -0.25) is 4.98 Å². The van der Waals surface area contributed by atoms with Crippen molar-refractivity contribution in [3.63, 3.8) is 0 Å². The van der Waals surface area contributed by atoms with Gasteiger partial charge in [0.05, 0.1) is 4.90 Å². The van der Waals surface area contributed by atoms with Crippen molar-refractivity contribution in [1.29, 1.82) is 0 Å². The molecular formula is C15H19N3O2S. The lowest BCUT2D eigenvalue weighted by atomic mass is 10.2. The molecule has 0 amide bonds. The van der Waals surface area contributed by atoms with E-state index in [1.807, 2.05) is 12.1 Å². The fraction of sp³-hybridized carbons (Fsp3) is 0.267. The van der Waals surface area contributed by atoms with Crippen LogP contribution in [0.15, 0.2) is 53.7 Å². The third-order valence-electron chi connectivity index (χ3n) is 3.35. The molecule has 2 rings (SSSR count). The molecule has 0 radical (unpaired) electrons. The van der Waals surface area contributed by atoms with Crippen LogP contribution in [-0.4, -0.2) is 31.3 Å². The van der Waals surface area contributed by atoms with E-state index in [0.717, 1.165) is 5.56 Å². The van der Waals surface area contributed by atoms with Gasteiger partial charge in [0.25, 0.3) is 0 Å². The van der Waals surface area contributed by atoms with Crippen molar-refractivity contribution in [2.45, 2.75) is 17.9 Å². The first-order valence-electron chi connectivity index (χ1n) is 6.69. The largest absolute Gasteiger partial charge is 0.326 e. The molecule has 6 heteroatoms. The minimum atomic E-state index is -3.51. The molecule has 0 atom stereocenters. The smallest absolute Gasteiger partial charge is 0.243 e. The molecule has 0 bridgehead atoms. The number of sulfonamides is 1. The van der Waals surface area contributed by atoms with Crippen LogP contribution in [0.2, 0.25) is 0 Å². The average Bonchev–Trinajstić information content (AvgIpc) is 2.53. The quantitative estimate of drug-likeness (QED) is 0.875. The van der Waals surface area contributed by atoms with E-state index >= 15 is 0 Å². The van der Waals surface area contributed by atoms with Crippen molar-refractivity contribution in [1.82, 2.24) is 9.29 Å². The van der Waals surface area contributed by atoms with E-state index in [4.69, 9.17) is 5.73 Å². The summed E-state index contributed by atoms with van der Waals surface area (Å²) in [4.78, 5) is 4.23. The Balaban J connectivity index is 2.15. The van der Waals surface area contributed by atoms with Crippen LogP contribution in [0.3, 0.4) is 0 Å². The molecule has 0 spiro atoms. The molecule has 0 aliphatic heterocycles. The molecule has 1 aromatic carbocycles. The summed E-state index contributed by atoms with van der Waals surface area (Å²) in [6.07, 6.45) is 4.05. The minimum Gasteiger partial charge on any atom is -0.326 e. The lowest BCUT2D eigenvalue weighted by Gasteiger charge is -2.19. The third-order valence-corrected chi connectivity index (χ3v) is 5.30. The van der Waals surface area contributed by atoms with Crippen LogP contribution >= 0.6 is 0 Å². The topological polar surface area (TPSA) is 76.3 Å². The standard InChI is InChI=1S/C15H19N3O2S/c1-18(11-8-13-6-9-17-10-7-13)21(19,20)15-5-3-2-4-14(15)12-16/h2-7,9-10H,8,11-12,16H2,1H3. The molecule has 2 N–H and O–H groups in total. The Hall–Kier alpha value is -1.76. The summed E-state index contributed by atoms with van der Waals surface area (Å²) >= 11 is 0. The van der Waals surface area contributed by atoms with Gasteiger partial charge in [0.1, 0.15) is 0 Å². The van der Waals surface area contributed by atoms with Crippen LogP contribution in [0.5, 0.6) is 0 Å². The van der Waals surface area contributed by atoms with E-state index < -0.39 is 10.0 Å². The zero-order valence-corrected chi connectivity index (χ0v) is 12.8. The fourth-order valence-corrected chi connectivity index (χ4v) is 3.45. The van der Waals surface area contributed by atoms with E-state index in [1.54, 1.807) is 43.7 Å². The zero-order chi connectivity index (χ0) is 15.3. The maximum atomic E-state index is 12.6. The van der Waals surface area contributed by atoms with Gasteiger partial charge in [0, 0.05) is 32.5 Å². The van der Waals surface area contributed by atoms with Gasteiger partial charge in [-0.1, -0.05) is 18.2 Å². The zero-order valence-electron chi connectivity index (χ0n) is 11.9. The Labute approximate surface area is 125 Å². The molecule has 1 aromatic heterocycles. The number of nitrogens with two attached hydrogens (primary N) is 1. The van der Waals surface area contributed by atoms with E-state index in [0.29, 0.717) is 18.5 Å². The Morgan fingerprint density at radius 3 is 2.48 bits per heavy atom. The molecular weight excluding hydrogens is 286 g/mol. The Morgan fingerprint density at radius 1 is 1.14 bits per heavy atom. The van der Waals surface area contributed by atoms with Crippen LogP contribution in [0, 0.1) is 0 Å². The third kappa shape index (κ3) is 3.66. The number of aromatic nitrogens is 1. The first-order valence-corrected chi connectivity index (χ1v) is 8.13. The Morgan fingerprint density at radius 2 is 1.81 bits per heavy atom. The summed E-state index contributed by atoms with van der Waals surface area (Å²) < 4.78 is 26.5. The van der Waals surface area contributed by atoms with Gasteiger partial charge in [-0.05, 0) is 35.7 Å². The number of hydrogen-bond donors (Lipinski definition) is 1. The molecule has 0 saturated heterocycles. The lowest BCUT2D eigenvalue weighted by Crippen LogP contribution is -2.30. The van der Waals surface area contributed by atoms with Crippen LogP contribution in [0.25, 0.3) is 0 Å². The molecule has 0 unspecified atom stereocenters.